The van der Waals surface area contributed by atoms with Crippen LogP contribution in [0.15, 0.2) is 81.9 Å². The van der Waals surface area contributed by atoms with E-state index >= 15 is 0 Å². The van der Waals surface area contributed by atoms with Gasteiger partial charge in [0.05, 0.1) is 40.0 Å². The Balaban J connectivity index is 1.56. The quantitative estimate of drug-likeness (QED) is 0.155. The number of thiazole rings is 1. The molecule has 0 radical (unpaired) electrons. The molecule has 0 amide bonds. The number of allylic oxidation sites excluding steroid dienone is 1. The average Bonchev–Trinajstić information content (AvgIpc) is 3.28. The van der Waals surface area contributed by atoms with Crippen LogP contribution in [-0.2, 0) is 9.53 Å². The fraction of sp³-hybridized carbons (Fsp3) is 0.226. The minimum absolute atomic E-state index is 0.150. The summed E-state index contributed by atoms with van der Waals surface area (Å²) in [5.74, 6) is 0.414. The van der Waals surface area contributed by atoms with Gasteiger partial charge in [0, 0.05) is 12.1 Å². The number of hydrogen-bond donors (Lipinski definition) is 0. The fourth-order valence-electron chi connectivity index (χ4n) is 4.63. The first kappa shape index (κ1) is 29.4. The number of nitro groups is 1. The Bertz CT molecular complexity index is 1910. The molecule has 1 atom stereocenters. The summed E-state index contributed by atoms with van der Waals surface area (Å²) >= 11 is 1.22. The van der Waals surface area contributed by atoms with Crippen molar-refractivity contribution >= 4 is 29.1 Å². The third-order valence-electron chi connectivity index (χ3n) is 6.62. The Morgan fingerprint density at radius 3 is 2.49 bits per heavy atom. The summed E-state index contributed by atoms with van der Waals surface area (Å²) in [6.07, 6.45) is 2.85. The van der Waals surface area contributed by atoms with Crippen molar-refractivity contribution in [3.63, 3.8) is 0 Å². The second-order valence-electron chi connectivity index (χ2n) is 9.57. The van der Waals surface area contributed by atoms with E-state index < -0.39 is 16.9 Å². The Labute approximate surface area is 250 Å². The number of hydrogen-bond acceptors (Lipinski definition) is 10. The van der Waals surface area contributed by atoms with Crippen LogP contribution in [0.1, 0.15) is 43.5 Å². The lowest BCUT2D eigenvalue weighted by molar-refractivity contribution is -0.385. The molecule has 0 spiro atoms. The standard InChI is InChI=1S/C31H28N4O7S/c1-5-40-24-15-20(9-13-23(24)42-26-14-12-22(17-32-26)35(38)39)16-25-29(36)34-28(21-10-7-18(3)8-11-21)27(30(37)41-6-2)19(4)33-31(34)43-25/h7-17,28H,5-6H2,1-4H3/b25-16+/t28-/m0/s1. The SMILES string of the molecule is CCOC(=O)C1=C(C)N=c2s/c(=C/c3ccc(Oc4ccc([N+](=O)[O-])cn4)c(OCC)c3)c(=O)n2[C@H]1c1ccc(C)cc1. The van der Waals surface area contributed by atoms with Gasteiger partial charge < -0.3 is 14.2 Å². The van der Waals surface area contributed by atoms with Gasteiger partial charge in [-0.2, -0.15) is 0 Å². The van der Waals surface area contributed by atoms with Crippen molar-refractivity contribution in [3.8, 4) is 17.4 Å². The van der Waals surface area contributed by atoms with E-state index in [1.165, 1.54) is 23.5 Å². The molecule has 0 aliphatic carbocycles. The van der Waals surface area contributed by atoms with E-state index in [1.54, 1.807) is 42.7 Å². The number of fused-ring (bicyclic) bond motifs is 1. The van der Waals surface area contributed by atoms with Gasteiger partial charge in [-0.25, -0.2) is 14.8 Å². The van der Waals surface area contributed by atoms with Gasteiger partial charge in [-0.15, -0.1) is 0 Å². The molecule has 12 heteroatoms. The monoisotopic (exact) mass is 600 g/mol. The Morgan fingerprint density at radius 1 is 1.07 bits per heavy atom. The van der Waals surface area contributed by atoms with E-state index in [2.05, 4.69) is 9.98 Å². The molecule has 220 valence electrons. The highest BCUT2D eigenvalue weighted by atomic mass is 32.1. The van der Waals surface area contributed by atoms with Gasteiger partial charge in [0.25, 0.3) is 11.2 Å². The number of pyridine rings is 1. The van der Waals surface area contributed by atoms with Gasteiger partial charge in [0.15, 0.2) is 16.3 Å². The molecule has 0 unspecified atom stereocenters. The number of esters is 1. The van der Waals surface area contributed by atoms with Gasteiger partial charge >= 0.3 is 5.97 Å². The van der Waals surface area contributed by atoms with Crippen LogP contribution in [0.2, 0.25) is 0 Å². The smallest absolute Gasteiger partial charge is 0.338 e. The molecular weight excluding hydrogens is 572 g/mol. The highest BCUT2D eigenvalue weighted by molar-refractivity contribution is 7.07. The van der Waals surface area contributed by atoms with Crippen LogP contribution in [0.25, 0.3) is 6.08 Å². The zero-order valence-electron chi connectivity index (χ0n) is 23.9. The number of aromatic nitrogens is 2. The van der Waals surface area contributed by atoms with Gasteiger partial charge in [-0.1, -0.05) is 47.2 Å². The lowest BCUT2D eigenvalue weighted by Gasteiger charge is -2.24. The number of benzene rings is 2. The first-order valence-corrected chi connectivity index (χ1v) is 14.3. The van der Waals surface area contributed by atoms with E-state index in [-0.39, 0.29) is 23.7 Å². The van der Waals surface area contributed by atoms with Crippen LogP contribution >= 0.6 is 11.3 Å². The number of carbonyl (C=O) groups is 1. The maximum atomic E-state index is 13.9. The molecule has 0 bridgehead atoms. The third-order valence-corrected chi connectivity index (χ3v) is 7.60. The molecule has 0 fully saturated rings. The zero-order chi connectivity index (χ0) is 30.7. The summed E-state index contributed by atoms with van der Waals surface area (Å²) in [5.41, 5.74) is 2.87. The predicted octanol–water partition coefficient (Wildman–Crippen LogP) is 4.60. The molecule has 1 aliphatic rings. The Hall–Kier alpha value is -5.10. The van der Waals surface area contributed by atoms with Crippen molar-refractivity contribution in [2.75, 3.05) is 13.2 Å². The van der Waals surface area contributed by atoms with Crippen molar-refractivity contribution < 1.29 is 23.9 Å². The lowest BCUT2D eigenvalue weighted by atomic mass is 9.95. The molecule has 43 heavy (non-hydrogen) atoms. The van der Waals surface area contributed by atoms with Crippen molar-refractivity contribution in [2.24, 2.45) is 4.99 Å². The van der Waals surface area contributed by atoms with E-state index in [0.29, 0.717) is 44.3 Å². The molecule has 5 rings (SSSR count). The third kappa shape index (κ3) is 6.09. The van der Waals surface area contributed by atoms with Crippen molar-refractivity contribution in [2.45, 2.75) is 33.7 Å². The molecule has 11 nitrogen and oxygen atoms in total. The highest BCUT2D eigenvalue weighted by Gasteiger charge is 2.33. The van der Waals surface area contributed by atoms with Crippen molar-refractivity contribution in [1.29, 1.82) is 0 Å². The van der Waals surface area contributed by atoms with Crippen LogP contribution in [0.3, 0.4) is 0 Å². The molecule has 2 aromatic heterocycles. The first-order chi connectivity index (χ1) is 20.7. The molecule has 1 aliphatic heterocycles. The fourth-order valence-corrected chi connectivity index (χ4v) is 5.67. The summed E-state index contributed by atoms with van der Waals surface area (Å²) in [7, 11) is 0. The normalized spacial score (nSPS) is 14.6. The largest absolute Gasteiger partial charge is 0.490 e. The maximum Gasteiger partial charge on any atom is 0.338 e. The molecular formula is C31H28N4O7S. The van der Waals surface area contributed by atoms with E-state index in [9.17, 15) is 19.7 Å². The molecule has 4 aromatic rings. The molecule has 2 aromatic carbocycles. The Morgan fingerprint density at radius 2 is 1.84 bits per heavy atom. The summed E-state index contributed by atoms with van der Waals surface area (Å²) < 4.78 is 18.9. The second kappa shape index (κ2) is 12.4. The molecule has 0 N–H and O–H groups in total. The number of ether oxygens (including phenoxy) is 3. The number of rotatable bonds is 9. The highest BCUT2D eigenvalue weighted by Crippen LogP contribution is 2.33. The van der Waals surface area contributed by atoms with Crippen LogP contribution in [0, 0.1) is 17.0 Å². The minimum atomic E-state index is -0.693. The van der Waals surface area contributed by atoms with E-state index in [1.807, 2.05) is 38.1 Å². The van der Waals surface area contributed by atoms with Crippen molar-refractivity contribution in [1.82, 2.24) is 9.55 Å². The van der Waals surface area contributed by atoms with Crippen LogP contribution < -0.4 is 24.4 Å². The summed E-state index contributed by atoms with van der Waals surface area (Å²) in [6.45, 7) is 7.83. The first-order valence-electron chi connectivity index (χ1n) is 13.5. The van der Waals surface area contributed by atoms with Gasteiger partial charge in [0.1, 0.15) is 6.20 Å². The molecule has 3 heterocycles. The van der Waals surface area contributed by atoms with Gasteiger partial charge in [-0.05, 0) is 57.0 Å². The Kier molecular flexibility index (Phi) is 8.48. The summed E-state index contributed by atoms with van der Waals surface area (Å²) in [5, 5.41) is 10.9. The lowest BCUT2D eigenvalue weighted by Crippen LogP contribution is -2.39. The number of aryl methyl sites for hydroxylation is 1. The van der Waals surface area contributed by atoms with Crippen LogP contribution in [0.5, 0.6) is 17.4 Å². The summed E-state index contributed by atoms with van der Waals surface area (Å²) in [6, 6.07) is 14.9. The van der Waals surface area contributed by atoms with E-state index in [0.717, 1.165) is 17.3 Å². The topological polar surface area (TPSA) is 135 Å². The van der Waals surface area contributed by atoms with Gasteiger partial charge in [0.2, 0.25) is 5.88 Å². The predicted molar refractivity (Wildman–Crippen MR) is 160 cm³/mol. The summed E-state index contributed by atoms with van der Waals surface area (Å²) in [4.78, 5) is 46.4. The average molecular weight is 601 g/mol. The van der Waals surface area contributed by atoms with Crippen molar-refractivity contribution in [3.05, 3.63) is 119 Å². The zero-order valence-corrected chi connectivity index (χ0v) is 24.7. The number of carbonyl (C=O) groups excluding carboxylic acids is 1. The van der Waals surface area contributed by atoms with Crippen LogP contribution in [0.4, 0.5) is 5.69 Å². The second-order valence-corrected chi connectivity index (χ2v) is 10.6. The minimum Gasteiger partial charge on any atom is -0.490 e. The molecule has 0 saturated heterocycles. The van der Waals surface area contributed by atoms with Crippen LogP contribution in [-0.4, -0.2) is 33.7 Å². The van der Waals surface area contributed by atoms with Gasteiger partial charge in [-0.3, -0.25) is 19.5 Å². The maximum absolute atomic E-state index is 13.9. The van der Waals surface area contributed by atoms with E-state index in [4.69, 9.17) is 14.2 Å². The molecule has 0 saturated carbocycles. The number of nitrogens with zero attached hydrogens (tertiary/aromatic N) is 4.